The van der Waals surface area contributed by atoms with Crippen LogP contribution in [0.4, 0.5) is 18.9 Å². The van der Waals surface area contributed by atoms with E-state index in [2.05, 4.69) is 10.6 Å². The molecular formula is C48H72F3N7O10S. The molecule has 9 atom stereocenters. The van der Waals surface area contributed by atoms with Crippen molar-refractivity contribution < 1.29 is 59.8 Å². The number of anilines is 1. The first-order valence-electron chi connectivity index (χ1n) is 23.2. The Balaban J connectivity index is 1.84. The number of rotatable bonds is 24. The van der Waals surface area contributed by atoms with Crippen LogP contribution in [0.2, 0.25) is 0 Å². The fraction of sp³-hybridized carbons (Fsp3) is 0.625. The number of ether oxygens (including phenoxy) is 2. The predicted octanol–water partition coefficient (Wildman–Crippen LogP) is 4.37. The molecule has 3 unspecified atom stereocenters. The Morgan fingerprint density at radius 2 is 1.43 bits per heavy atom. The Labute approximate surface area is 405 Å². The first kappa shape index (κ1) is 58.2. The van der Waals surface area contributed by atoms with Gasteiger partial charge in [-0.05, 0) is 74.5 Å². The smallest absolute Gasteiger partial charge is 0.379 e. The second kappa shape index (κ2) is 25.7. The number of hydrogen-bond acceptors (Lipinski definition) is 11. The average Bonchev–Trinajstić information content (AvgIpc) is 3.77. The van der Waals surface area contributed by atoms with Gasteiger partial charge < -0.3 is 35.2 Å². The number of sulfonamides is 1. The molecule has 1 aliphatic rings. The van der Waals surface area contributed by atoms with Gasteiger partial charge in [0, 0.05) is 39.9 Å². The average molecular weight is 996 g/mol. The minimum absolute atomic E-state index is 0.0175. The van der Waals surface area contributed by atoms with Gasteiger partial charge in [-0.15, -0.1) is 0 Å². The van der Waals surface area contributed by atoms with Gasteiger partial charge in [-0.2, -0.15) is 13.2 Å². The summed E-state index contributed by atoms with van der Waals surface area (Å²) in [7, 11) is 3.53. The number of carbonyl (C=O) groups is 6. The molecule has 3 rings (SSSR count). The highest BCUT2D eigenvalue weighted by Gasteiger charge is 2.44. The van der Waals surface area contributed by atoms with Crippen LogP contribution in [0.3, 0.4) is 0 Å². The summed E-state index contributed by atoms with van der Waals surface area (Å²) in [5.74, 6) is -6.32. The number of carbonyl (C=O) groups excluding carboxylic acids is 6. The summed E-state index contributed by atoms with van der Waals surface area (Å²) in [5.41, 5.74) is 0.237. The highest BCUT2D eigenvalue weighted by Crippen LogP contribution is 2.30. The molecule has 21 heteroatoms. The van der Waals surface area contributed by atoms with Crippen LogP contribution < -0.4 is 20.7 Å². The van der Waals surface area contributed by atoms with Crippen molar-refractivity contribution >= 4 is 51.2 Å². The van der Waals surface area contributed by atoms with Crippen molar-refractivity contribution in [3.05, 3.63) is 60.2 Å². The maximum Gasteiger partial charge on any atom is 0.471 e. The molecule has 4 N–H and O–H groups in total. The first-order chi connectivity index (χ1) is 32.2. The van der Waals surface area contributed by atoms with Crippen LogP contribution in [-0.2, 0) is 54.7 Å². The highest BCUT2D eigenvalue weighted by molar-refractivity contribution is 7.90. The molecule has 6 amide bonds. The standard InChI is InChI=1S/C48H72F3N7O10S/c1-13-30(6)41(57(10)46(63)39(28(2)3)54-45(62)40(29(4)5)56(8)9)37(67-11)27-38(59)58-25-17-20-36(58)42(68-12)31(7)43(60)53-35(26-32-18-15-14-16-19-32)44(61)55-69(65,66)34-23-21-33(22-24-34)52-47(64)48(49,50)51/h14-16,18-19,21-24,28-31,35-37,39-42H,13,17,20,25-27H2,1-12H3,(H,52,64)(H,53,60)(H,54,62)(H,55,61)/t30?,31-,35+,36+,37-,39+,40?,41?,42-/m1/s1. The quantitative estimate of drug-likeness (QED) is 0.116. The summed E-state index contributed by atoms with van der Waals surface area (Å²) in [6.07, 6.45) is -5.39. The lowest BCUT2D eigenvalue weighted by atomic mass is 9.89. The minimum Gasteiger partial charge on any atom is -0.379 e. The van der Waals surface area contributed by atoms with Crippen LogP contribution in [0.1, 0.15) is 79.7 Å². The van der Waals surface area contributed by atoms with Crippen molar-refractivity contribution in [1.82, 2.24) is 30.1 Å². The summed E-state index contributed by atoms with van der Waals surface area (Å²) in [6.45, 7) is 13.5. The van der Waals surface area contributed by atoms with E-state index in [1.807, 2.05) is 65.3 Å². The lowest BCUT2D eigenvalue weighted by molar-refractivity contribution is -0.167. The number of nitrogens with one attached hydrogen (secondary N) is 4. The maximum absolute atomic E-state index is 14.4. The SMILES string of the molecule is CCC(C)C([C@@H](CC(=O)N1CCC[C@H]1[C@H](OC)[C@@H](C)C(=O)N[C@@H](Cc1ccccc1)C(=O)NS(=O)(=O)c1ccc(NC(=O)C(F)(F)F)cc1)OC)N(C)C(=O)[C@@H](NC(=O)C(C(C)C)N(C)C)C(C)C. The molecule has 0 spiro atoms. The summed E-state index contributed by atoms with van der Waals surface area (Å²) in [5, 5.41) is 7.28. The fourth-order valence-corrected chi connectivity index (χ4v) is 9.97. The van der Waals surface area contributed by atoms with Gasteiger partial charge >= 0.3 is 12.1 Å². The number of methoxy groups -OCH3 is 2. The van der Waals surface area contributed by atoms with Gasteiger partial charge in [-0.25, -0.2) is 13.1 Å². The number of likely N-dealkylation sites (tertiary alicyclic amines) is 1. The van der Waals surface area contributed by atoms with E-state index in [1.54, 1.807) is 59.4 Å². The summed E-state index contributed by atoms with van der Waals surface area (Å²) < 4.78 is 78.8. The fourth-order valence-electron chi connectivity index (χ4n) is 8.96. The lowest BCUT2D eigenvalue weighted by Crippen LogP contribution is -2.59. The van der Waals surface area contributed by atoms with Crippen molar-refractivity contribution in [3.8, 4) is 0 Å². The molecule has 0 aromatic heterocycles. The molecule has 386 valence electrons. The molecule has 1 fully saturated rings. The molecule has 1 heterocycles. The summed E-state index contributed by atoms with van der Waals surface area (Å²) in [6, 6.07) is 8.22. The van der Waals surface area contributed by atoms with Crippen LogP contribution in [-0.4, -0.2) is 149 Å². The molecule has 0 saturated carbocycles. The number of nitrogens with zero attached hydrogens (tertiary/aromatic N) is 3. The van der Waals surface area contributed by atoms with Crippen molar-refractivity contribution in [3.63, 3.8) is 0 Å². The van der Waals surface area contributed by atoms with Crippen LogP contribution >= 0.6 is 0 Å². The number of amides is 6. The summed E-state index contributed by atoms with van der Waals surface area (Å²) in [4.78, 5) is 86.0. The third-order valence-corrected chi connectivity index (χ3v) is 14.1. The topological polar surface area (TPSA) is 213 Å². The molecule has 0 radical (unpaired) electrons. The van der Waals surface area contributed by atoms with Crippen molar-refractivity contribution in [2.75, 3.05) is 47.2 Å². The van der Waals surface area contributed by atoms with E-state index >= 15 is 0 Å². The third-order valence-electron chi connectivity index (χ3n) is 12.8. The van der Waals surface area contributed by atoms with Crippen molar-refractivity contribution in [2.45, 2.75) is 134 Å². The van der Waals surface area contributed by atoms with Crippen LogP contribution in [0, 0.1) is 23.7 Å². The normalized spacial score (nSPS) is 17.8. The lowest BCUT2D eigenvalue weighted by Gasteiger charge is -2.41. The van der Waals surface area contributed by atoms with E-state index in [9.17, 15) is 50.4 Å². The molecule has 2 aromatic rings. The Bertz CT molecular complexity index is 2150. The monoisotopic (exact) mass is 996 g/mol. The van der Waals surface area contributed by atoms with Crippen LogP contribution in [0.15, 0.2) is 59.5 Å². The van der Waals surface area contributed by atoms with E-state index < -0.39 is 87.2 Å². The zero-order valence-corrected chi connectivity index (χ0v) is 42.6. The second-order valence-electron chi connectivity index (χ2n) is 18.7. The van der Waals surface area contributed by atoms with Gasteiger partial charge in [0.1, 0.15) is 12.1 Å². The molecule has 1 saturated heterocycles. The Kier molecular flexibility index (Phi) is 21.6. The number of likely N-dealkylation sites (N-methyl/N-ethyl adjacent to an activating group) is 2. The summed E-state index contributed by atoms with van der Waals surface area (Å²) >= 11 is 0. The minimum atomic E-state index is -5.18. The zero-order chi connectivity index (χ0) is 52.1. The van der Waals surface area contributed by atoms with Gasteiger partial charge in [0.25, 0.3) is 15.9 Å². The number of alkyl halides is 3. The van der Waals surface area contributed by atoms with Crippen LogP contribution in [0.5, 0.6) is 0 Å². The van der Waals surface area contributed by atoms with Gasteiger partial charge in [0.15, 0.2) is 0 Å². The molecule has 2 aromatic carbocycles. The Morgan fingerprint density at radius 1 is 0.826 bits per heavy atom. The Morgan fingerprint density at radius 3 is 1.94 bits per heavy atom. The van der Waals surface area contributed by atoms with Crippen LogP contribution in [0.25, 0.3) is 0 Å². The molecule has 69 heavy (non-hydrogen) atoms. The van der Waals surface area contributed by atoms with E-state index in [0.717, 1.165) is 24.3 Å². The molecule has 0 bridgehead atoms. The highest BCUT2D eigenvalue weighted by atomic mass is 32.2. The maximum atomic E-state index is 14.4. The van der Waals surface area contributed by atoms with Crippen molar-refractivity contribution in [2.24, 2.45) is 23.7 Å². The first-order valence-corrected chi connectivity index (χ1v) is 24.7. The van der Waals surface area contributed by atoms with Gasteiger partial charge in [-0.1, -0.05) is 85.2 Å². The molecule has 0 aliphatic carbocycles. The largest absolute Gasteiger partial charge is 0.471 e. The molecule has 17 nitrogen and oxygen atoms in total. The Hall–Kier alpha value is -5.12. The number of benzene rings is 2. The number of halogens is 3. The van der Waals surface area contributed by atoms with E-state index in [0.29, 0.717) is 31.4 Å². The van der Waals surface area contributed by atoms with E-state index in [4.69, 9.17) is 9.47 Å². The van der Waals surface area contributed by atoms with E-state index in [1.165, 1.54) is 14.2 Å². The molecule has 1 aliphatic heterocycles. The van der Waals surface area contributed by atoms with Gasteiger partial charge in [0.2, 0.25) is 23.6 Å². The van der Waals surface area contributed by atoms with Gasteiger partial charge in [0.05, 0.1) is 47.6 Å². The molecular weight excluding hydrogens is 924 g/mol. The van der Waals surface area contributed by atoms with Gasteiger partial charge in [-0.3, -0.25) is 33.7 Å². The second-order valence-corrected chi connectivity index (χ2v) is 20.4. The van der Waals surface area contributed by atoms with E-state index in [-0.39, 0.29) is 54.0 Å². The number of hydrogen-bond donors (Lipinski definition) is 4. The third kappa shape index (κ3) is 15.7. The zero-order valence-electron chi connectivity index (χ0n) is 41.8. The predicted molar refractivity (Wildman–Crippen MR) is 254 cm³/mol. The van der Waals surface area contributed by atoms with Crippen molar-refractivity contribution in [1.29, 1.82) is 0 Å².